The molecule has 6 rings (SSSR count). The summed E-state index contributed by atoms with van der Waals surface area (Å²) in [6.07, 6.45) is 2.50. The number of benzene rings is 1. The van der Waals surface area contributed by atoms with Crippen molar-refractivity contribution >= 4 is 39.9 Å². The number of cyclic esters (lactones) is 1. The van der Waals surface area contributed by atoms with Gasteiger partial charge in [-0.1, -0.05) is 60.8 Å². The van der Waals surface area contributed by atoms with E-state index in [1.165, 1.54) is 9.80 Å². The average molecular weight is 818 g/mol. The van der Waals surface area contributed by atoms with E-state index >= 15 is 0 Å². The van der Waals surface area contributed by atoms with Crippen molar-refractivity contribution in [1.82, 2.24) is 25.2 Å². The molecular formula is C40H59N5O11S. The summed E-state index contributed by atoms with van der Waals surface area (Å²) in [5.74, 6) is -1.21. The van der Waals surface area contributed by atoms with Gasteiger partial charge in [0.2, 0.25) is 21.8 Å². The van der Waals surface area contributed by atoms with Crippen molar-refractivity contribution in [2.75, 3.05) is 26.9 Å². The number of ether oxygens (including phenoxy) is 4. The lowest BCUT2D eigenvalue weighted by molar-refractivity contribution is -0.143. The van der Waals surface area contributed by atoms with Gasteiger partial charge in [0, 0.05) is 24.6 Å². The highest BCUT2D eigenvalue weighted by Crippen LogP contribution is 2.47. The smallest absolute Gasteiger partial charge is 0.410 e. The number of methoxy groups -OCH3 is 1. The predicted molar refractivity (Wildman–Crippen MR) is 207 cm³/mol. The zero-order chi connectivity index (χ0) is 41.5. The molecular weight excluding hydrogens is 759 g/mol. The van der Waals surface area contributed by atoms with Gasteiger partial charge in [0.15, 0.2) is 0 Å². The maximum atomic E-state index is 14.6. The van der Waals surface area contributed by atoms with Gasteiger partial charge >= 0.3 is 12.2 Å². The van der Waals surface area contributed by atoms with Crippen LogP contribution in [0.5, 0.6) is 11.5 Å². The van der Waals surface area contributed by atoms with E-state index in [0.717, 1.165) is 36.8 Å². The Bertz CT molecular complexity index is 1860. The van der Waals surface area contributed by atoms with Crippen molar-refractivity contribution in [2.24, 2.45) is 16.7 Å². The lowest BCUT2D eigenvalue weighted by Crippen LogP contribution is -2.60. The maximum Gasteiger partial charge on any atom is 0.410 e. The number of carbonyl (C=O) groups excluding carboxylic acids is 5. The predicted octanol–water partition coefficient (Wildman–Crippen LogP) is 4.13. The lowest BCUT2D eigenvalue weighted by Gasteiger charge is -2.35. The highest BCUT2D eigenvalue weighted by Gasteiger charge is 2.62. The van der Waals surface area contributed by atoms with Crippen LogP contribution in [0, 0.1) is 16.7 Å². The molecule has 3 N–H and O–H groups in total. The number of sulfonamides is 1. The standard InChI is InChI=1S/C40H59N5O11S/c1-8-25-19-40(25,35(48)43-57(51,52)28-12-13-28)42-33(46)30-17-27-21-45(30)34(47)32(38(2,3)4)41-36(49)55-23-39(5,6)14-10-9-11-15-54-31-18-26(53-7)16-24-20-44(22-29(24)31)37(50)56-27/h16,18,25,27-28,30,32H,8-15,17,19-23H2,1-7H3,(H,41,49)(H,42,46)(H,43,48)/t25-,27?,30-,32+,40-/m0/s1. The number of nitrogens with zero attached hydrogens (tertiary/aromatic N) is 2. The molecule has 3 fully saturated rings. The molecule has 1 unspecified atom stereocenters. The summed E-state index contributed by atoms with van der Waals surface area (Å²) in [7, 11) is -2.33. The zero-order valence-corrected chi connectivity index (χ0v) is 35.1. The van der Waals surface area contributed by atoms with Crippen molar-refractivity contribution < 1.29 is 51.3 Å². The Kier molecular flexibility index (Phi) is 12.0. The third kappa shape index (κ3) is 9.55. The molecule has 17 heteroatoms. The van der Waals surface area contributed by atoms with Crippen LogP contribution in [0.2, 0.25) is 0 Å². The Balaban J connectivity index is 1.28. The van der Waals surface area contributed by atoms with E-state index in [1.54, 1.807) is 27.9 Å². The van der Waals surface area contributed by atoms with Crippen LogP contribution in [-0.4, -0.2) is 104 Å². The number of amides is 5. The fraction of sp³-hybridized carbons (Fsp3) is 0.725. The molecule has 1 aromatic rings. The molecule has 2 aliphatic carbocycles. The van der Waals surface area contributed by atoms with Gasteiger partial charge in [-0.05, 0) is 60.5 Å². The molecule has 3 aliphatic heterocycles. The number of carbonyl (C=O) groups is 5. The summed E-state index contributed by atoms with van der Waals surface area (Å²) in [5, 5.41) is 4.93. The molecule has 5 amide bonds. The topological polar surface area (TPSA) is 199 Å². The molecule has 3 heterocycles. The van der Waals surface area contributed by atoms with Gasteiger partial charge in [0.1, 0.15) is 35.2 Å². The molecule has 316 valence electrons. The summed E-state index contributed by atoms with van der Waals surface area (Å²) in [4.78, 5) is 72.4. The van der Waals surface area contributed by atoms with E-state index in [2.05, 4.69) is 15.4 Å². The van der Waals surface area contributed by atoms with Crippen LogP contribution < -0.4 is 24.8 Å². The van der Waals surface area contributed by atoms with Crippen LogP contribution in [0.4, 0.5) is 9.59 Å². The van der Waals surface area contributed by atoms with Crippen molar-refractivity contribution in [3.8, 4) is 11.5 Å². The second-order valence-electron chi connectivity index (χ2n) is 18.2. The van der Waals surface area contributed by atoms with Crippen molar-refractivity contribution in [3.63, 3.8) is 0 Å². The number of fused-ring (bicyclic) bond motifs is 3. The number of hydrogen-bond acceptors (Lipinski definition) is 11. The van der Waals surface area contributed by atoms with Crippen LogP contribution in [0.15, 0.2) is 12.1 Å². The highest BCUT2D eigenvalue weighted by molar-refractivity contribution is 7.91. The van der Waals surface area contributed by atoms with Crippen LogP contribution >= 0.6 is 0 Å². The molecule has 0 spiro atoms. The highest BCUT2D eigenvalue weighted by atomic mass is 32.2. The van der Waals surface area contributed by atoms with Crippen LogP contribution in [-0.2, 0) is 47.0 Å². The zero-order valence-electron chi connectivity index (χ0n) is 34.2. The van der Waals surface area contributed by atoms with E-state index in [0.29, 0.717) is 37.4 Å². The molecule has 16 nitrogen and oxygen atoms in total. The van der Waals surface area contributed by atoms with Crippen molar-refractivity contribution in [2.45, 2.75) is 141 Å². The molecule has 5 atom stereocenters. The monoisotopic (exact) mass is 817 g/mol. The van der Waals surface area contributed by atoms with E-state index in [1.807, 2.05) is 32.9 Å². The number of rotatable bonds is 7. The summed E-state index contributed by atoms with van der Waals surface area (Å²) >= 11 is 0. The minimum absolute atomic E-state index is 0.101. The normalized spacial score (nSPS) is 28.4. The summed E-state index contributed by atoms with van der Waals surface area (Å²) in [6, 6.07) is 1.30. The van der Waals surface area contributed by atoms with E-state index in [4.69, 9.17) is 18.9 Å². The van der Waals surface area contributed by atoms with Gasteiger partial charge in [-0.3, -0.25) is 24.0 Å². The molecule has 5 aliphatic rings. The number of hydrogen-bond donors (Lipinski definition) is 3. The Morgan fingerprint density at radius 3 is 2.44 bits per heavy atom. The van der Waals surface area contributed by atoms with Crippen molar-refractivity contribution in [3.05, 3.63) is 23.3 Å². The van der Waals surface area contributed by atoms with Crippen LogP contribution in [0.25, 0.3) is 0 Å². The van der Waals surface area contributed by atoms with Crippen LogP contribution in [0.3, 0.4) is 0 Å². The first-order valence-corrected chi connectivity index (χ1v) is 21.7. The Labute approximate surface area is 335 Å². The van der Waals surface area contributed by atoms with Crippen molar-refractivity contribution in [1.29, 1.82) is 0 Å². The Morgan fingerprint density at radius 2 is 1.79 bits per heavy atom. The van der Waals surface area contributed by atoms with E-state index in [9.17, 15) is 32.4 Å². The molecule has 1 saturated heterocycles. The number of nitrogens with one attached hydrogen (secondary N) is 3. The summed E-state index contributed by atoms with van der Waals surface area (Å²) < 4.78 is 51.1. The SMILES string of the molecule is CC[C@H]1C[C@@]1(NC(=O)[C@@H]1CC2CN1C(=O)[C@H](C(C)(C)C)NC(=O)OCC(C)(C)CCCCCOc1cc(OC)cc3c1CN(C3)C(=O)O2)C(=O)NS(=O)(=O)C1CC1. The molecule has 1 aromatic carbocycles. The maximum absolute atomic E-state index is 14.6. The van der Waals surface area contributed by atoms with Gasteiger partial charge in [-0.2, -0.15) is 0 Å². The third-order valence-electron chi connectivity index (χ3n) is 11.9. The average Bonchev–Trinajstić information content (AvgIpc) is 4.04. The van der Waals surface area contributed by atoms with Gasteiger partial charge in [-0.25, -0.2) is 18.0 Å². The van der Waals surface area contributed by atoms with Gasteiger partial charge in [0.25, 0.3) is 5.91 Å². The molecule has 0 aromatic heterocycles. The fourth-order valence-corrected chi connectivity index (χ4v) is 9.45. The molecule has 2 saturated carbocycles. The minimum atomic E-state index is -3.90. The van der Waals surface area contributed by atoms with Gasteiger partial charge in [0.05, 0.1) is 38.7 Å². The van der Waals surface area contributed by atoms with Gasteiger partial charge < -0.3 is 34.5 Å². The molecule has 0 radical (unpaired) electrons. The Morgan fingerprint density at radius 1 is 1.05 bits per heavy atom. The third-order valence-corrected chi connectivity index (χ3v) is 13.7. The molecule has 4 bridgehead atoms. The largest absolute Gasteiger partial charge is 0.497 e. The second-order valence-corrected chi connectivity index (χ2v) is 20.1. The lowest BCUT2D eigenvalue weighted by atomic mass is 9.85. The Hall–Kier alpha value is -4.28. The van der Waals surface area contributed by atoms with E-state index in [-0.39, 0.29) is 50.4 Å². The van der Waals surface area contributed by atoms with E-state index < -0.39 is 74.3 Å². The summed E-state index contributed by atoms with van der Waals surface area (Å²) in [6.45, 7) is 12.1. The second kappa shape index (κ2) is 16.2. The minimum Gasteiger partial charge on any atom is -0.497 e. The first kappa shape index (κ1) is 42.3. The number of alkyl carbamates (subject to hydrolysis) is 1. The first-order valence-electron chi connectivity index (χ1n) is 20.2. The fourth-order valence-electron chi connectivity index (χ4n) is 8.08. The summed E-state index contributed by atoms with van der Waals surface area (Å²) in [5.41, 5.74) is -0.978. The first-order chi connectivity index (χ1) is 26.8. The molecule has 57 heavy (non-hydrogen) atoms. The quantitative estimate of drug-likeness (QED) is 0.358. The van der Waals surface area contributed by atoms with Crippen LogP contribution in [0.1, 0.15) is 110 Å². The van der Waals surface area contributed by atoms with Gasteiger partial charge in [-0.15, -0.1) is 0 Å².